The van der Waals surface area contributed by atoms with Crippen molar-refractivity contribution in [2.45, 2.75) is 0 Å². The van der Waals surface area contributed by atoms with Crippen molar-refractivity contribution in [3.63, 3.8) is 0 Å². The maximum absolute atomic E-state index is 11.1. The second-order valence-electron chi connectivity index (χ2n) is 2.12. The van der Waals surface area contributed by atoms with Crippen LogP contribution in [0.4, 0.5) is 9.93 Å². The lowest BCUT2D eigenvalue weighted by molar-refractivity contribution is 0.252. The predicted molar refractivity (Wildman–Crippen MR) is 55.3 cm³/mol. The molecule has 0 saturated heterocycles. The summed E-state index contributed by atoms with van der Waals surface area (Å²) in [7, 11) is 0. The molecule has 2 amide bonds. The topological polar surface area (TPSA) is 66.9 Å². The molecule has 0 aliphatic rings. The van der Waals surface area contributed by atoms with Gasteiger partial charge >= 0.3 is 6.03 Å². The first-order valence-electron chi connectivity index (χ1n) is 3.63. The quantitative estimate of drug-likeness (QED) is 0.740. The molecule has 72 valence electrons. The van der Waals surface area contributed by atoms with Gasteiger partial charge in [-0.3, -0.25) is 5.32 Å². The van der Waals surface area contributed by atoms with E-state index in [0.29, 0.717) is 11.7 Å². The highest BCUT2D eigenvalue weighted by Gasteiger charge is 2.01. The normalized spacial score (nSPS) is 9.62. The molecular weight excluding hydrogens is 208 g/mol. The molecule has 0 unspecified atom stereocenters. The van der Waals surface area contributed by atoms with Gasteiger partial charge in [0.2, 0.25) is 5.13 Å². The van der Waals surface area contributed by atoms with Crippen LogP contribution in [0.5, 0.6) is 0 Å². The summed E-state index contributed by atoms with van der Waals surface area (Å²) < 4.78 is 0. The monoisotopic (exact) mass is 218 g/mol. The van der Waals surface area contributed by atoms with Gasteiger partial charge in [-0.2, -0.15) is 11.8 Å². The summed E-state index contributed by atoms with van der Waals surface area (Å²) in [5.74, 6) is 0.906. The number of rotatable bonds is 4. The Balaban J connectivity index is 2.18. The summed E-state index contributed by atoms with van der Waals surface area (Å²) in [5, 5.41) is 13.0. The first-order chi connectivity index (χ1) is 6.33. The molecule has 0 bridgehead atoms. The summed E-state index contributed by atoms with van der Waals surface area (Å²) in [6, 6.07) is -0.231. The van der Waals surface area contributed by atoms with Crippen LogP contribution in [0.2, 0.25) is 0 Å². The zero-order chi connectivity index (χ0) is 9.52. The fourth-order valence-corrected chi connectivity index (χ4v) is 1.38. The van der Waals surface area contributed by atoms with E-state index in [1.807, 2.05) is 6.26 Å². The molecule has 0 atom stereocenters. The van der Waals surface area contributed by atoms with Crippen molar-refractivity contribution in [3.05, 3.63) is 5.51 Å². The third-order valence-electron chi connectivity index (χ3n) is 1.17. The Hall–Kier alpha value is -0.820. The summed E-state index contributed by atoms with van der Waals surface area (Å²) in [6.45, 7) is 0.659. The Morgan fingerprint density at radius 3 is 3.23 bits per heavy atom. The van der Waals surface area contributed by atoms with Gasteiger partial charge in [0.1, 0.15) is 5.51 Å². The van der Waals surface area contributed by atoms with Crippen LogP contribution in [0.3, 0.4) is 0 Å². The fourth-order valence-electron chi connectivity index (χ4n) is 0.635. The number of anilines is 1. The van der Waals surface area contributed by atoms with Crippen LogP contribution in [0.15, 0.2) is 5.51 Å². The molecule has 1 heterocycles. The van der Waals surface area contributed by atoms with Crippen LogP contribution < -0.4 is 10.6 Å². The van der Waals surface area contributed by atoms with Gasteiger partial charge in [-0.25, -0.2) is 4.79 Å². The number of carbonyl (C=O) groups excluding carboxylic acids is 1. The number of carbonyl (C=O) groups is 1. The zero-order valence-corrected chi connectivity index (χ0v) is 8.74. The lowest BCUT2D eigenvalue weighted by atomic mass is 10.7. The average molecular weight is 218 g/mol. The van der Waals surface area contributed by atoms with Crippen molar-refractivity contribution < 1.29 is 4.79 Å². The Bertz CT molecular complexity index is 251. The van der Waals surface area contributed by atoms with E-state index in [0.717, 1.165) is 5.75 Å². The summed E-state index contributed by atoms with van der Waals surface area (Å²) in [4.78, 5) is 11.1. The lowest BCUT2D eigenvalue weighted by Crippen LogP contribution is -2.30. The van der Waals surface area contributed by atoms with Crippen molar-refractivity contribution >= 4 is 34.3 Å². The molecule has 7 heteroatoms. The average Bonchev–Trinajstić information content (AvgIpc) is 2.57. The maximum Gasteiger partial charge on any atom is 0.321 e. The lowest BCUT2D eigenvalue weighted by Gasteiger charge is -2.02. The van der Waals surface area contributed by atoms with Crippen molar-refractivity contribution in [3.8, 4) is 0 Å². The van der Waals surface area contributed by atoms with E-state index >= 15 is 0 Å². The first kappa shape index (κ1) is 10.3. The van der Waals surface area contributed by atoms with Crippen LogP contribution in [0, 0.1) is 0 Å². The van der Waals surface area contributed by atoms with Crippen LogP contribution in [0.25, 0.3) is 0 Å². The third-order valence-corrected chi connectivity index (χ3v) is 2.39. The second kappa shape index (κ2) is 5.76. The minimum absolute atomic E-state index is 0.231. The molecule has 0 radical (unpaired) electrons. The fraction of sp³-hybridized carbons (Fsp3) is 0.500. The second-order valence-corrected chi connectivity index (χ2v) is 3.94. The van der Waals surface area contributed by atoms with E-state index in [1.54, 1.807) is 17.3 Å². The van der Waals surface area contributed by atoms with E-state index in [9.17, 15) is 4.79 Å². The van der Waals surface area contributed by atoms with Gasteiger partial charge in [0, 0.05) is 12.3 Å². The number of nitrogens with zero attached hydrogens (tertiary/aromatic N) is 2. The summed E-state index contributed by atoms with van der Waals surface area (Å²) in [5.41, 5.74) is 1.57. The molecule has 1 aromatic rings. The summed E-state index contributed by atoms with van der Waals surface area (Å²) >= 11 is 2.97. The van der Waals surface area contributed by atoms with Crippen LogP contribution in [-0.4, -0.2) is 34.8 Å². The van der Waals surface area contributed by atoms with Gasteiger partial charge in [0.25, 0.3) is 0 Å². The largest absolute Gasteiger partial charge is 0.337 e. The number of thioether (sulfide) groups is 1. The van der Waals surface area contributed by atoms with Crippen molar-refractivity contribution in [1.82, 2.24) is 15.5 Å². The number of aromatic nitrogens is 2. The highest BCUT2D eigenvalue weighted by Crippen LogP contribution is 2.06. The molecule has 2 N–H and O–H groups in total. The molecule has 0 aliphatic heterocycles. The number of hydrogen-bond acceptors (Lipinski definition) is 5. The Labute approximate surface area is 84.3 Å². The molecular formula is C6H10N4OS2. The number of nitrogens with one attached hydrogen (secondary N) is 2. The van der Waals surface area contributed by atoms with E-state index < -0.39 is 0 Å². The van der Waals surface area contributed by atoms with Crippen LogP contribution in [0.1, 0.15) is 0 Å². The van der Waals surface area contributed by atoms with Crippen LogP contribution in [-0.2, 0) is 0 Å². The SMILES string of the molecule is CSCCNC(=O)Nc1nncs1. The van der Waals surface area contributed by atoms with Crippen LogP contribution >= 0.6 is 23.1 Å². The van der Waals surface area contributed by atoms with E-state index in [1.165, 1.54) is 11.3 Å². The number of urea groups is 1. The molecule has 0 aromatic carbocycles. The molecule has 0 spiro atoms. The standard InChI is InChI=1S/C6H10N4OS2/c1-12-3-2-7-5(11)9-6-10-8-4-13-6/h4H,2-3H2,1H3,(H2,7,9,10,11). The molecule has 0 fully saturated rings. The Morgan fingerprint density at radius 2 is 2.62 bits per heavy atom. The minimum Gasteiger partial charge on any atom is -0.337 e. The highest BCUT2D eigenvalue weighted by atomic mass is 32.2. The maximum atomic E-state index is 11.1. The minimum atomic E-state index is -0.231. The molecule has 0 saturated carbocycles. The van der Waals surface area contributed by atoms with Crippen molar-refractivity contribution in [1.29, 1.82) is 0 Å². The Kier molecular flexibility index (Phi) is 4.55. The molecule has 5 nitrogen and oxygen atoms in total. The van der Waals surface area contributed by atoms with E-state index in [-0.39, 0.29) is 6.03 Å². The molecule has 1 aromatic heterocycles. The van der Waals surface area contributed by atoms with Gasteiger partial charge in [-0.1, -0.05) is 11.3 Å². The third kappa shape index (κ3) is 4.09. The van der Waals surface area contributed by atoms with E-state index in [4.69, 9.17) is 0 Å². The number of hydrogen-bond donors (Lipinski definition) is 2. The highest BCUT2D eigenvalue weighted by molar-refractivity contribution is 7.98. The van der Waals surface area contributed by atoms with Gasteiger partial charge < -0.3 is 5.32 Å². The van der Waals surface area contributed by atoms with Gasteiger partial charge in [0.05, 0.1) is 0 Å². The predicted octanol–water partition coefficient (Wildman–Crippen LogP) is 1.02. The van der Waals surface area contributed by atoms with Gasteiger partial charge in [0.15, 0.2) is 0 Å². The smallest absolute Gasteiger partial charge is 0.321 e. The van der Waals surface area contributed by atoms with Crippen molar-refractivity contribution in [2.24, 2.45) is 0 Å². The van der Waals surface area contributed by atoms with E-state index in [2.05, 4.69) is 20.8 Å². The number of amides is 2. The molecule has 1 rings (SSSR count). The Morgan fingerprint density at radius 1 is 1.77 bits per heavy atom. The molecule has 13 heavy (non-hydrogen) atoms. The molecule has 0 aliphatic carbocycles. The van der Waals surface area contributed by atoms with Gasteiger partial charge in [-0.05, 0) is 6.26 Å². The summed E-state index contributed by atoms with van der Waals surface area (Å²) in [6.07, 6.45) is 1.99. The van der Waals surface area contributed by atoms with Crippen molar-refractivity contribution in [2.75, 3.05) is 23.9 Å². The van der Waals surface area contributed by atoms with Gasteiger partial charge in [-0.15, -0.1) is 10.2 Å². The first-order valence-corrected chi connectivity index (χ1v) is 5.90. The zero-order valence-electron chi connectivity index (χ0n) is 7.11.